The lowest BCUT2D eigenvalue weighted by Crippen LogP contribution is -2.40. The van der Waals surface area contributed by atoms with Gasteiger partial charge in [-0.25, -0.2) is 0 Å². The van der Waals surface area contributed by atoms with E-state index in [9.17, 15) is 9.59 Å². The van der Waals surface area contributed by atoms with Crippen molar-refractivity contribution >= 4 is 23.0 Å². The summed E-state index contributed by atoms with van der Waals surface area (Å²) in [7, 11) is 0. The molecule has 1 atom stereocenters. The lowest BCUT2D eigenvalue weighted by molar-refractivity contribution is -0.118. The molecule has 2 rings (SSSR count). The molecule has 0 aliphatic carbocycles. The quantitative estimate of drug-likeness (QED) is 0.842. The summed E-state index contributed by atoms with van der Waals surface area (Å²) in [6, 6.07) is 3.86. The van der Waals surface area contributed by atoms with Gasteiger partial charge in [0.15, 0.2) is 0 Å². The number of Topliss-reactive ketones (excluding diaryl/α,β-unsaturated/α-hetero) is 1. The third-order valence-corrected chi connectivity index (χ3v) is 4.25. The van der Waals surface area contributed by atoms with Gasteiger partial charge in [0, 0.05) is 19.0 Å². The molecule has 0 saturated carbocycles. The van der Waals surface area contributed by atoms with E-state index in [1.807, 2.05) is 22.4 Å². The number of rotatable bonds is 3. The van der Waals surface area contributed by atoms with E-state index in [2.05, 4.69) is 0 Å². The third-order valence-electron chi connectivity index (χ3n) is 3.39. The SMILES string of the molecule is CC(=O)CC1CCCCCN1C(=O)c1cccs1. The van der Waals surface area contributed by atoms with Crippen LogP contribution in [0.15, 0.2) is 17.5 Å². The Kier molecular flexibility index (Phi) is 4.53. The number of hydrogen-bond donors (Lipinski definition) is 0. The highest BCUT2D eigenvalue weighted by atomic mass is 32.1. The molecular formula is C14H19NO2S. The smallest absolute Gasteiger partial charge is 0.264 e. The molecule has 1 saturated heterocycles. The van der Waals surface area contributed by atoms with Gasteiger partial charge in [0.05, 0.1) is 4.88 Å². The molecular weight excluding hydrogens is 246 g/mol. The van der Waals surface area contributed by atoms with Crippen LogP contribution in [0.4, 0.5) is 0 Å². The van der Waals surface area contributed by atoms with Gasteiger partial charge in [0.1, 0.15) is 5.78 Å². The molecule has 1 aromatic heterocycles. The molecule has 4 heteroatoms. The second kappa shape index (κ2) is 6.14. The van der Waals surface area contributed by atoms with Gasteiger partial charge < -0.3 is 4.90 Å². The van der Waals surface area contributed by atoms with E-state index in [-0.39, 0.29) is 17.7 Å². The monoisotopic (exact) mass is 265 g/mol. The van der Waals surface area contributed by atoms with Crippen molar-refractivity contribution in [2.24, 2.45) is 0 Å². The van der Waals surface area contributed by atoms with Crippen LogP contribution in [0.3, 0.4) is 0 Å². The summed E-state index contributed by atoms with van der Waals surface area (Å²) in [5, 5.41) is 1.92. The highest BCUT2D eigenvalue weighted by molar-refractivity contribution is 7.12. The van der Waals surface area contributed by atoms with E-state index in [0.717, 1.165) is 37.1 Å². The number of amides is 1. The average Bonchev–Trinajstić information content (AvgIpc) is 2.76. The number of ketones is 1. The molecule has 1 aliphatic heterocycles. The third kappa shape index (κ3) is 3.19. The summed E-state index contributed by atoms with van der Waals surface area (Å²) in [6.07, 6.45) is 4.77. The number of thiophene rings is 1. The zero-order chi connectivity index (χ0) is 13.0. The molecule has 0 N–H and O–H groups in total. The molecule has 0 spiro atoms. The number of likely N-dealkylation sites (tertiary alicyclic amines) is 1. The predicted octanol–water partition coefficient (Wildman–Crippen LogP) is 3.11. The van der Waals surface area contributed by atoms with E-state index in [0.29, 0.717) is 6.42 Å². The lowest BCUT2D eigenvalue weighted by atomic mass is 10.0. The zero-order valence-corrected chi connectivity index (χ0v) is 11.5. The van der Waals surface area contributed by atoms with Crippen molar-refractivity contribution < 1.29 is 9.59 Å². The molecule has 3 nitrogen and oxygen atoms in total. The van der Waals surface area contributed by atoms with E-state index in [1.54, 1.807) is 6.92 Å². The van der Waals surface area contributed by atoms with E-state index >= 15 is 0 Å². The molecule has 1 amide bonds. The van der Waals surface area contributed by atoms with Crippen molar-refractivity contribution in [1.29, 1.82) is 0 Å². The van der Waals surface area contributed by atoms with Crippen LogP contribution in [-0.4, -0.2) is 29.2 Å². The Morgan fingerprint density at radius 2 is 2.22 bits per heavy atom. The first-order chi connectivity index (χ1) is 8.68. The van der Waals surface area contributed by atoms with Crippen molar-refractivity contribution in [3.05, 3.63) is 22.4 Å². The minimum Gasteiger partial charge on any atom is -0.335 e. The van der Waals surface area contributed by atoms with Crippen molar-refractivity contribution in [2.75, 3.05) is 6.54 Å². The fourth-order valence-electron chi connectivity index (χ4n) is 2.53. The molecule has 18 heavy (non-hydrogen) atoms. The maximum atomic E-state index is 12.4. The van der Waals surface area contributed by atoms with Crippen molar-refractivity contribution in [2.45, 2.75) is 45.1 Å². The Labute approximate surface area is 112 Å². The Hall–Kier alpha value is -1.16. The van der Waals surface area contributed by atoms with Crippen LogP contribution < -0.4 is 0 Å². The van der Waals surface area contributed by atoms with E-state index in [4.69, 9.17) is 0 Å². The number of nitrogens with zero attached hydrogens (tertiary/aromatic N) is 1. The molecule has 0 radical (unpaired) electrons. The van der Waals surface area contributed by atoms with Gasteiger partial charge in [-0.1, -0.05) is 18.9 Å². The maximum absolute atomic E-state index is 12.4. The van der Waals surface area contributed by atoms with Gasteiger partial charge in [-0.3, -0.25) is 9.59 Å². The van der Waals surface area contributed by atoms with Crippen LogP contribution >= 0.6 is 11.3 Å². The summed E-state index contributed by atoms with van der Waals surface area (Å²) in [5.41, 5.74) is 0. The van der Waals surface area contributed by atoms with Crippen LogP contribution in [0.1, 0.15) is 48.7 Å². The van der Waals surface area contributed by atoms with Gasteiger partial charge in [-0.2, -0.15) is 0 Å². The van der Waals surface area contributed by atoms with Gasteiger partial charge in [-0.05, 0) is 31.2 Å². The minimum absolute atomic E-state index is 0.0955. The zero-order valence-electron chi connectivity index (χ0n) is 10.7. The summed E-state index contributed by atoms with van der Waals surface area (Å²) in [6.45, 7) is 2.40. The Morgan fingerprint density at radius 1 is 1.39 bits per heavy atom. The van der Waals surface area contributed by atoms with Crippen molar-refractivity contribution in [3.8, 4) is 0 Å². The second-order valence-corrected chi connectivity index (χ2v) is 5.83. The molecule has 1 aromatic rings. The van der Waals surface area contributed by atoms with Gasteiger partial charge in [0.2, 0.25) is 0 Å². The topological polar surface area (TPSA) is 37.4 Å². The van der Waals surface area contributed by atoms with Gasteiger partial charge in [0.25, 0.3) is 5.91 Å². The highest BCUT2D eigenvalue weighted by Crippen LogP contribution is 2.23. The highest BCUT2D eigenvalue weighted by Gasteiger charge is 2.27. The summed E-state index contributed by atoms with van der Waals surface area (Å²) < 4.78 is 0. The first-order valence-electron chi connectivity index (χ1n) is 6.52. The fraction of sp³-hybridized carbons (Fsp3) is 0.571. The first-order valence-corrected chi connectivity index (χ1v) is 7.40. The van der Waals surface area contributed by atoms with Crippen LogP contribution in [-0.2, 0) is 4.79 Å². The fourth-order valence-corrected chi connectivity index (χ4v) is 3.21. The number of hydrogen-bond acceptors (Lipinski definition) is 3. The van der Waals surface area contributed by atoms with Crippen LogP contribution in [0.5, 0.6) is 0 Å². The van der Waals surface area contributed by atoms with Crippen LogP contribution in [0.2, 0.25) is 0 Å². The first kappa shape index (κ1) is 13.3. The molecule has 1 unspecified atom stereocenters. The second-order valence-electron chi connectivity index (χ2n) is 4.89. The Morgan fingerprint density at radius 3 is 2.89 bits per heavy atom. The average molecular weight is 265 g/mol. The summed E-state index contributed by atoms with van der Waals surface area (Å²) in [4.78, 5) is 26.5. The van der Waals surface area contributed by atoms with Crippen LogP contribution in [0, 0.1) is 0 Å². The molecule has 1 aliphatic rings. The lowest BCUT2D eigenvalue weighted by Gasteiger charge is -2.29. The van der Waals surface area contributed by atoms with E-state index in [1.165, 1.54) is 11.3 Å². The molecule has 0 bridgehead atoms. The largest absolute Gasteiger partial charge is 0.335 e. The predicted molar refractivity (Wildman–Crippen MR) is 72.9 cm³/mol. The van der Waals surface area contributed by atoms with Gasteiger partial charge >= 0.3 is 0 Å². The Bertz CT molecular complexity index is 413. The van der Waals surface area contributed by atoms with Gasteiger partial charge in [-0.15, -0.1) is 11.3 Å². The number of carbonyl (C=O) groups excluding carboxylic acids is 2. The standard InChI is InChI=1S/C14H19NO2S/c1-11(16)10-12-6-3-2-4-8-15(12)14(17)13-7-5-9-18-13/h5,7,9,12H,2-4,6,8,10H2,1H3. The minimum atomic E-state index is 0.0955. The maximum Gasteiger partial charge on any atom is 0.264 e. The molecule has 1 fully saturated rings. The summed E-state index contributed by atoms with van der Waals surface area (Å²) in [5.74, 6) is 0.268. The van der Waals surface area contributed by atoms with E-state index < -0.39 is 0 Å². The Balaban J connectivity index is 2.14. The van der Waals surface area contributed by atoms with Crippen molar-refractivity contribution in [3.63, 3.8) is 0 Å². The summed E-state index contributed by atoms with van der Waals surface area (Å²) >= 11 is 1.48. The van der Waals surface area contributed by atoms with Crippen molar-refractivity contribution in [1.82, 2.24) is 4.90 Å². The number of carbonyl (C=O) groups is 2. The molecule has 0 aromatic carbocycles. The molecule has 2 heterocycles. The molecule has 98 valence electrons. The normalized spacial score (nSPS) is 20.5. The van der Waals surface area contributed by atoms with Crippen LogP contribution in [0.25, 0.3) is 0 Å².